The maximum Gasteiger partial charge on any atom is 0.269 e. The van der Waals surface area contributed by atoms with Gasteiger partial charge in [-0.15, -0.1) is 4.41 Å². The van der Waals surface area contributed by atoms with Crippen molar-refractivity contribution >= 4 is 35.3 Å². The summed E-state index contributed by atoms with van der Waals surface area (Å²) in [4.78, 5) is 13.9. The minimum atomic E-state index is -0.452. The van der Waals surface area contributed by atoms with Crippen LogP contribution in [0.15, 0.2) is 66.7 Å². The van der Waals surface area contributed by atoms with Crippen molar-refractivity contribution < 1.29 is 4.79 Å². The number of hydrogen-bond donors (Lipinski definition) is 1. The van der Waals surface area contributed by atoms with Crippen LogP contribution < -0.4 is 4.72 Å². The Balaban J connectivity index is 1.96. The quantitative estimate of drug-likeness (QED) is 0.255. The third-order valence-electron chi connectivity index (χ3n) is 5.38. The molecule has 0 bridgehead atoms. The van der Waals surface area contributed by atoms with Crippen LogP contribution >= 0.6 is 23.7 Å². The standard InChI is InChI=1S/C28H34ClN3OS/c1-7-22-8-10-23(11-9-22)19-31(34-30-26-14-12-25(29)13-15-26)32(28(4,5)6)27(33)24-17-20(2)16-21(3)18-24/h8-18,30H,7,19H2,1-6H3. The van der Waals surface area contributed by atoms with E-state index in [1.165, 1.54) is 17.7 Å². The van der Waals surface area contributed by atoms with E-state index in [1.54, 1.807) is 0 Å². The van der Waals surface area contributed by atoms with Crippen molar-refractivity contribution in [3.63, 3.8) is 0 Å². The lowest BCUT2D eigenvalue weighted by atomic mass is 10.0. The van der Waals surface area contributed by atoms with Crippen molar-refractivity contribution in [1.29, 1.82) is 0 Å². The summed E-state index contributed by atoms with van der Waals surface area (Å²) < 4.78 is 5.40. The number of aryl methyl sites for hydroxylation is 3. The molecule has 0 saturated heterocycles. The zero-order chi connectivity index (χ0) is 24.9. The molecule has 34 heavy (non-hydrogen) atoms. The maximum absolute atomic E-state index is 13.9. The van der Waals surface area contributed by atoms with Crippen LogP contribution in [0, 0.1) is 13.8 Å². The SMILES string of the molecule is CCc1ccc(CN(SNc2ccc(Cl)cc2)N(C(=O)c2cc(C)cc(C)c2)C(C)(C)C)cc1. The summed E-state index contributed by atoms with van der Waals surface area (Å²) in [7, 11) is 0. The summed E-state index contributed by atoms with van der Waals surface area (Å²) in [5.74, 6) is -0.0325. The first-order chi connectivity index (χ1) is 16.1. The lowest BCUT2D eigenvalue weighted by Crippen LogP contribution is -2.53. The molecule has 0 radical (unpaired) electrons. The number of halogens is 1. The van der Waals surface area contributed by atoms with Crippen LogP contribution in [0.25, 0.3) is 0 Å². The molecule has 4 nitrogen and oxygen atoms in total. The Hall–Kier alpha value is -2.47. The van der Waals surface area contributed by atoms with Crippen LogP contribution in [0.2, 0.25) is 5.02 Å². The Morgan fingerprint density at radius 2 is 1.47 bits per heavy atom. The van der Waals surface area contributed by atoms with Crippen LogP contribution in [0.3, 0.4) is 0 Å². The molecule has 0 spiro atoms. The second kappa shape index (κ2) is 11.3. The molecule has 0 aliphatic carbocycles. The highest BCUT2D eigenvalue weighted by molar-refractivity contribution is 7.98. The lowest BCUT2D eigenvalue weighted by molar-refractivity contribution is -0.00665. The van der Waals surface area contributed by atoms with Gasteiger partial charge in [-0.3, -0.25) is 9.80 Å². The maximum atomic E-state index is 13.9. The topological polar surface area (TPSA) is 35.6 Å². The van der Waals surface area contributed by atoms with E-state index in [0.717, 1.165) is 28.8 Å². The minimum absolute atomic E-state index is 0.0325. The molecule has 0 unspecified atom stereocenters. The summed E-state index contributed by atoms with van der Waals surface area (Å²) in [6, 6.07) is 22.1. The van der Waals surface area contributed by atoms with Crippen LogP contribution in [0.1, 0.15) is 60.3 Å². The molecular weight excluding hydrogens is 462 g/mol. The van der Waals surface area contributed by atoms with Gasteiger partial charge in [0.05, 0.1) is 24.2 Å². The molecule has 0 atom stereocenters. The zero-order valence-corrected chi connectivity index (χ0v) is 22.4. The van der Waals surface area contributed by atoms with Gasteiger partial charge in [-0.2, -0.15) is 0 Å². The van der Waals surface area contributed by atoms with Gasteiger partial charge in [0, 0.05) is 16.3 Å². The largest absolute Gasteiger partial charge is 0.315 e. The van der Waals surface area contributed by atoms with Crippen molar-refractivity contribution in [2.24, 2.45) is 0 Å². The minimum Gasteiger partial charge on any atom is -0.315 e. The fourth-order valence-corrected chi connectivity index (χ4v) is 4.85. The predicted octanol–water partition coefficient (Wildman–Crippen LogP) is 7.85. The number of anilines is 1. The van der Waals surface area contributed by atoms with Crippen molar-refractivity contribution in [3.8, 4) is 0 Å². The molecular formula is C28H34ClN3OS. The van der Waals surface area contributed by atoms with E-state index in [9.17, 15) is 4.79 Å². The van der Waals surface area contributed by atoms with Gasteiger partial charge in [-0.1, -0.05) is 60.0 Å². The summed E-state index contributed by atoms with van der Waals surface area (Å²) in [6.45, 7) is 12.9. The second-order valence-corrected chi connectivity index (χ2v) is 10.8. The molecule has 1 amide bonds. The number of hydrogen-bond acceptors (Lipinski definition) is 4. The summed E-state index contributed by atoms with van der Waals surface area (Å²) >= 11 is 7.45. The molecule has 0 aliphatic heterocycles. The molecule has 0 heterocycles. The average Bonchev–Trinajstić information content (AvgIpc) is 2.77. The van der Waals surface area contributed by atoms with Gasteiger partial charge in [-0.05, 0) is 88.6 Å². The highest BCUT2D eigenvalue weighted by Crippen LogP contribution is 2.29. The Bertz CT molecular complexity index is 1090. The Morgan fingerprint density at radius 3 is 2.00 bits per heavy atom. The van der Waals surface area contributed by atoms with Crippen molar-refractivity contribution in [2.75, 3.05) is 4.72 Å². The van der Waals surface area contributed by atoms with E-state index < -0.39 is 5.54 Å². The summed E-state index contributed by atoms with van der Waals surface area (Å²) in [5.41, 5.74) is 5.72. The fraction of sp³-hybridized carbons (Fsp3) is 0.321. The van der Waals surface area contributed by atoms with Gasteiger partial charge >= 0.3 is 0 Å². The van der Waals surface area contributed by atoms with Gasteiger partial charge in [0.2, 0.25) is 0 Å². The van der Waals surface area contributed by atoms with Gasteiger partial charge < -0.3 is 4.72 Å². The van der Waals surface area contributed by atoms with E-state index in [4.69, 9.17) is 11.6 Å². The van der Waals surface area contributed by atoms with Crippen LogP contribution in [0.4, 0.5) is 5.69 Å². The van der Waals surface area contributed by atoms with Crippen LogP contribution in [0.5, 0.6) is 0 Å². The van der Waals surface area contributed by atoms with Crippen molar-refractivity contribution in [2.45, 2.75) is 60.0 Å². The Morgan fingerprint density at radius 1 is 0.912 bits per heavy atom. The second-order valence-electron chi connectivity index (χ2n) is 9.54. The van der Waals surface area contributed by atoms with Crippen molar-refractivity contribution in [3.05, 3.63) is 99.6 Å². The number of hydrazine groups is 1. The Labute approximate surface area is 213 Å². The molecule has 3 aromatic carbocycles. The van der Waals surface area contributed by atoms with Crippen LogP contribution in [-0.4, -0.2) is 20.9 Å². The smallest absolute Gasteiger partial charge is 0.269 e. The van der Waals surface area contributed by atoms with Crippen molar-refractivity contribution in [1.82, 2.24) is 9.42 Å². The highest BCUT2D eigenvalue weighted by atomic mass is 35.5. The molecule has 180 valence electrons. The van der Waals surface area contributed by atoms with Gasteiger partial charge in [0.25, 0.3) is 5.91 Å². The number of rotatable bonds is 8. The third-order valence-corrected chi connectivity index (χ3v) is 6.46. The molecule has 3 rings (SSSR count). The number of benzene rings is 3. The van der Waals surface area contributed by atoms with E-state index in [-0.39, 0.29) is 5.91 Å². The molecule has 0 aliphatic rings. The number of nitrogens with one attached hydrogen (secondary N) is 1. The monoisotopic (exact) mass is 495 g/mol. The van der Waals surface area contributed by atoms with E-state index in [0.29, 0.717) is 17.1 Å². The molecule has 0 aromatic heterocycles. The Kier molecular flexibility index (Phi) is 8.69. The van der Waals surface area contributed by atoms with E-state index >= 15 is 0 Å². The summed E-state index contributed by atoms with van der Waals surface area (Å²) in [5, 5.41) is 2.53. The number of amides is 1. The number of carbonyl (C=O) groups is 1. The molecule has 6 heteroatoms. The number of carbonyl (C=O) groups excluding carboxylic acids is 1. The van der Waals surface area contributed by atoms with E-state index in [2.05, 4.69) is 62.7 Å². The molecule has 3 aromatic rings. The normalized spacial score (nSPS) is 11.5. The highest BCUT2D eigenvalue weighted by Gasteiger charge is 2.34. The van der Waals surface area contributed by atoms with E-state index in [1.807, 2.05) is 59.7 Å². The first-order valence-electron chi connectivity index (χ1n) is 11.5. The fourth-order valence-electron chi connectivity index (χ4n) is 3.76. The van der Waals surface area contributed by atoms with Gasteiger partial charge in [0.1, 0.15) is 0 Å². The average molecular weight is 496 g/mol. The zero-order valence-electron chi connectivity index (χ0n) is 20.9. The third kappa shape index (κ3) is 7.02. The first-order valence-corrected chi connectivity index (χ1v) is 12.7. The molecule has 0 fully saturated rings. The lowest BCUT2D eigenvalue weighted by Gasteiger charge is -2.42. The summed E-state index contributed by atoms with van der Waals surface area (Å²) in [6.07, 6.45) is 0.996. The predicted molar refractivity (Wildman–Crippen MR) is 146 cm³/mol. The van der Waals surface area contributed by atoms with Gasteiger partial charge in [-0.25, -0.2) is 0 Å². The van der Waals surface area contributed by atoms with Gasteiger partial charge in [0.15, 0.2) is 0 Å². The molecule has 1 N–H and O–H groups in total. The van der Waals surface area contributed by atoms with Crippen LogP contribution in [-0.2, 0) is 13.0 Å². The number of nitrogens with zero attached hydrogens (tertiary/aromatic N) is 2. The first kappa shape index (κ1) is 26.1. The molecule has 0 saturated carbocycles.